The number of rotatable bonds is 6. The fraction of sp³-hybridized carbons (Fsp3) is 0.348. The van der Waals surface area contributed by atoms with Crippen molar-refractivity contribution < 1.29 is 17.7 Å². The van der Waals surface area contributed by atoms with Crippen molar-refractivity contribution in [2.45, 2.75) is 38.0 Å². The summed E-state index contributed by atoms with van der Waals surface area (Å²) in [6, 6.07) is 14.1. The Morgan fingerprint density at radius 2 is 1.75 bits per heavy atom. The number of anilines is 1. The third-order valence-electron chi connectivity index (χ3n) is 5.66. The van der Waals surface area contributed by atoms with Crippen molar-refractivity contribution in [1.29, 1.82) is 0 Å². The van der Waals surface area contributed by atoms with E-state index in [0.717, 1.165) is 11.3 Å². The van der Waals surface area contributed by atoms with Crippen LogP contribution in [0.5, 0.6) is 0 Å². The maximum atomic E-state index is 13.1. The summed E-state index contributed by atoms with van der Waals surface area (Å²) in [4.78, 5) is 17.1. The van der Waals surface area contributed by atoms with Gasteiger partial charge in [-0.1, -0.05) is 29.8 Å². The molecule has 3 aromatic rings. The molecule has 1 saturated heterocycles. The Balaban J connectivity index is 1.38. The second kappa shape index (κ2) is 9.22. The van der Waals surface area contributed by atoms with Crippen molar-refractivity contribution in [1.82, 2.24) is 14.4 Å². The molecule has 1 N–H and O–H groups in total. The van der Waals surface area contributed by atoms with Crippen LogP contribution in [0.1, 0.15) is 31.2 Å². The summed E-state index contributed by atoms with van der Waals surface area (Å²) >= 11 is 0. The zero-order valence-corrected chi connectivity index (χ0v) is 18.9. The fourth-order valence-corrected chi connectivity index (χ4v) is 5.15. The van der Waals surface area contributed by atoms with E-state index in [-0.39, 0.29) is 16.7 Å². The van der Waals surface area contributed by atoms with Crippen molar-refractivity contribution in [2.75, 3.05) is 18.4 Å². The van der Waals surface area contributed by atoms with Crippen molar-refractivity contribution >= 4 is 21.6 Å². The third-order valence-corrected chi connectivity index (χ3v) is 7.58. The van der Waals surface area contributed by atoms with Crippen LogP contribution >= 0.6 is 0 Å². The van der Waals surface area contributed by atoms with Gasteiger partial charge in [-0.3, -0.25) is 4.79 Å². The minimum absolute atomic E-state index is 0.0678. The first-order valence-corrected chi connectivity index (χ1v) is 12.1. The highest BCUT2D eigenvalue weighted by molar-refractivity contribution is 7.89. The number of amides is 1. The van der Waals surface area contributed by atoms with Crippen molar-refractivity contribution in [2.24, 2.45) is 5.92 Å². The summed E-state index contributed by atoms with van der Waals surface area (Å²) in [6.07, 6.45) is 1.60. The highest BCUT2D eigenvalue weighted by atomic mass is 32.2. The van der Waals surface area contributed by atoms with E-state index in [0.29, 0.717) is 49.6 Å². The van der Waals surface area contributed by atoms with Crippen molar-refractivity contribution in [3.8, 4) is 11.4 Å². The van der Waals surface area contributed by atoms with Gasteiger partial charge in [0.05, 0.1) is 4.90 Å². The van der Waals surface area contributed by atoms with Crippen LogP contribution in [0.25, 0.3) is 11.4 Å². The van der Waals surface area contributed by atoms with Crippen molar-refractivity contribution in [3.05, 3.63) is 60.0 Å². The number of piperidine rings is 1. The van der Waals surface area contributed by atoms with Gasteiger partial charge >= 0.3 is 0 Å². The molecule has 4 rings (SSSR count). The number of nitrogens with one attached hydrogen (secondary N) is 1. The molecule has 0 unspecified atom stereocenters. The molecule has 0 radical (unpaired) electrons. The van der Waals surface area contributed by atoms with Gasteiger partial charge in [-0.25, -0.2) is 8.42 Å². The van der Waals surface area contributed by atoms with Crippen LogP contribution in [-0.2, 0) is 21.2 Å². The van der Waals surface area contributed by atoms with Gasteiger partial charge in [-0.2, -0.15) is 9.29 Å². The molecule has 2 aromatic carbocycles. The van der Waals surface area contributed by atoms with Crippen LogP contribution in [0.15, 0.2) is 57.9 Å². The predicted octanol–water partition coefficient (Wildman–Crippen LogP) is 3.65. The van der Waals surface area contributed by atoms with Crippen molar-refractivity contribution in [3.63, 3.8) is 0 Å². The lowest BCUT2D eigenvalue weighted by atomic mass is 9.97. The highest BCUT2D eigenvalue weighted by Crippen LogP contribution is 2.26. The monoisotopic (exact) mass is 454 g/mol. The average molecular weight is 455 g/mol. The first kappa shape index (κ1) is 22.2. The minimum Gasteiger partial charge on any atom is -0.339 e. The normalized spacial score (nSPS) is 15.6. The number of sulfonamides is 1. The molecule has 1 aliphatic rings. The molecule has 0 spiro atoms. The number of carbonyl (C=O) groups excluding carboxylic acids is 1. The molecule has 0 aliphatic carbocycles. The van der Waals surface area contributed by atoms with Crippen LogP contribution in [0, 0.1) is 12.8 Å². The Morgan fingerprint density at radius 3 is 2.34 bits per heavy atom. The van der Waals surface area contributed by atoms with Gasteiger partial charge in [0.25, 0.3) is 0 Å². The van der Waals surface area contributed by atoms with Crippen LogP contribution in [0.3, 0.4) is 0 Å². The van der Waals surface area contributed by atoms with Gasteiger partial charge in [0, 0.05) is 36.7 Å². The molecule has 168 valence electrons. The fourth-order valence-electron chi connectivity index (χ4n) is 3.68. The lowest BCUT2D eigenvalue weighted by Gasteiger charge is -2.30. The molecule has 0 saturated carbocycles. The summed E-state index contributed by atoms with van der Waals surface area (Å²) in [5.41, 5.74) is 2.57. The van der Waals surface area contributed by atoms with Crippen LogP contribution in [0.4, 0.5) is 5.69 Å². The minimum atomic E-state index is -3.64. The number of aromatic nitrogens is 2. The molecule has 1 fully saturated rings. The second-order valence-corrected chi connectivity index (χ2v) is 9.86. The molecule has 32 heavy (non-hydrogen) atoms. The Hall–Kier alpha value is -3.04. The molecule has 1 aromatic heterocycles. The largest absolute Gasteiger partial charge is 0.339 e. The zero-order chi connectivity index (χ0) is 22.7. The Morgan fingerprint density at radius 1 is 1.09 bits per heavy atom. The third kappa shape index (κ3) is 4.73. The summed E-state index contributed by atoms with van der Waals surface area (Å²) in [6.45, 7) is 4.52. The molecule has 8 nitrogen and oxygen atoms in total. The first-order chi connectivity index (χ1) is 15.4. The molecular formula is C23H26N4O4S. The average Bonchev–Trinajstić information content (AvgIpc) is 3.30. The van der Waals surface area contributed by atoms with Crippen LogP contribution in [0.2, 0.25) is 0 Å². The summed E-state index contributed by atoms with van der Waals surface area (Å²) in [5.74, 6) is 0.690. The summed E-state index contributed by atoms with van der Waals surface area (Å²) < 4.78 is 32.7. The van der Waals surface area contributed by atoms with Gasteiger partial charge in [-0.15, -0.1) is 0 Å². The van der Waals surface area contributed by atoms with Crippen LogP contribution < -0.4 is 5.32 Å². The molecule has 2 heterocycles. The van der Waals surface area contributed by atoms with Crippen LogP contribution in [-0.4, -0.2) is 41.9 Å². The molecule has 9 heteroatoms. The van der Waals surface area contributed by atoms with E-state index < -0.39 is 10.0 Å². The van der Waals surface area contributed by atoms with E-state index in [2.05, 4.69) is 15.5 Å². The number of benzene rings is 2. The topological polar surface area (TPSA) is 105 Å². The predicted molar refractivity (Wildman–Crippen MR) is 120 cm³/mol. The van der Waals surface area contributed by atoms with Gasteiger partial charge < -0.3 is 9.84 Å². The molecule has 0 bridgehead atoms. The van der Waals surface area contributed by atoms with Gasteiger partial charge in [-0.05, 0) is 56.2 Å². The van der Waals surface area contributed by atoms with E-state index in [1.807, 2.05) is 38.1 Å². The van der Waals surface area contributed by atoms with E-state index in [1.54, 1.807) is 24.3 Å². The van der Waals surface area contributed by atoms with E-state index >= 15 is 0 Å². The lowest BCUT2D eigenvalue weighted by Crippen LogP contribution is -2.41. The van der Waals surface area contributed by atoms with Gasteiger partial charge in [0.2, 0.25) is 27.6 Å². The standard InChI is InChI=1S/C23H26N4O4S/c1-3-21-25-22(26-31-21)17-6-10-20(11-7-17)32(29,30)27-14-12-18(13-15-27)23(28)24-19-8-4-16(2)5-9-19/h4-11,18H,3,12-15H2,1-2H3,(H,24,28). The Labute approximate surface area is 187 Å². The number of carbonyl (C=O) groups is 1. The second-order valence-electron chi connectivity index (χ2n) is 7.92. The molecule has 1 amide bonds. The highest BCUT2D eigenvalue weighted by Gasteiger charge is 2.32. The Kier molecular flexibility index (Phi) is 6.38. The molecule has 1 aliphatic heterocycles. The summed E-state index contributed by atoms with van der Waals surface area (Å²) in [5, 5.41) is 6.84. The maximum absolute atomic E-state index is 13.1. The zero-order valence-electron chi connectivity index (χ0n) is 18.1. The first-order valence-electron chi connectivity index (χ1n) is 10.7. The van der Waals surface area contributed by atoms with Gasteiger partial charge in [0.1, 0.15) is 0 Å². The molecular weight excluding hydrogens is 428 g/mol. The van der Waals surface area contributed by atoms with E-state index in [4.69, 9.17) is 4.52 Å². The van der Waals surface area contributed by atoms with E-state index in [1.165, 1.54) is 4.31 Å². The maximum Gasteiger partial charge on any atom is 0.243 e. The SMILES string of the molecule is CCc1nc(-c2ccc(S(=O)(=O)N3CCC(C(=O)Nc4ccc(C)cc4)CC3)cc2)no1. The summed E-state index contributed by atoms with van der Waals surface area (Å²) in [7, 11) is -3.64. The number of hydrogen-bond donors (Lipinski definition) is 1. The van der Waals surface area contributed by atoms with Gasteiger partial charge in [0.15, 0.2) is 0 Å². The number of nitrogens with zero attached hydrogens (tertiary/aromatic N) is 3. The number of aryl methyl sites for hydroxylation is 2. The Bertz CT molecular complexity index is 1180. The number of hydrogen-bond acceptors (Lipinski definition) is 6. The smallest absolute Gasteiger partial charge is 0.243 e. The van der Waals surface area contributed by atoms with E-state index in [9.17, 15) is 13.2 Å². The lowest BCUT2D eigenvalue weighted by molar-refractivity contribution is -0.120. The molecule has 0 atom stereocenters. The quantitative estimate of drug-likeness (QED) is 0.610.